The second kappa shape index (κ2) is 5.99. The molecule has 8 nitrogen and oxygen atoms in total. The second-order valence-corrected chi connectivity index (χ2v) is 6.69. The van der Waals surface area contributed by atoms with Crippen molar-refractivity contribution in [3.63, 3.8) is 0 Å². The summed E-state index contributed by atoms with van der Waals surface area (Å²) in [6.45, 7) is 5.85. The molecule has 0 unspecified atom stereocenters. The number of para-hydroxylation sites is 2. The van der Waals surface area contributed by atoms with E-state index in [9.17, 15) is 0 Å². The molecule has 4 rings (SSSR count). The van der Waals surface area contributed by atoms with Gasteiger partial charge in [0.25, 0.3) is 0 Å². The predicted octanol–water partition coefficient (Wildman–Crippen LogP) is 2.47. The van der Waals surface area contributed by atoms with Gasteiger partial charge in [0.2, 0.25) is 11.7 Å². The topological polar surface area (TPSA) is 112 Å². The van der Waals surface area contributed by atoms with Crippen LogP contribution in [-0.4, -0.2) is 19.7 Å². The van der Waals surface area contributed by atoms with Crippen LogP contribution in [0.3, 0.4) is 0 Å². The molecule has 3 aromatic rings. The Morgan fingerprint density at radius 1 is 1.23 bits per heavy atom. The molecule has 26 heavy (non-hydrogen) atoms. The van der Waals surface area contributed by atoms with Gasteiger partial charge in [0.05, 0.1) is 22.8 Å². The van der Waals surface area contributed by atoms with E-state index in [-0.39, 0.29) is 5.92 Å². The van der Waals surface area contributed by atoms with Gasteiger partial charge in [-0.1, -0.05) is 31.1 Å². The van der Waals surface area contributed by atoms with E-state index in [1.165, 1.54) is 0 Å². The third-order valence-electron chi connectivity index (χ3n) is 4.50. The van der Waals surface area contributed by atoms with Crippen molar-refractivity contribution in [1.82, 2.24) is 19.7 Å². The number of hydrogen-bond acceptors (Lipinski definition) is 7. The maximum Gasteiger partial charge on any atom is 0.229 e. The van der Waals surface area contributed by atoms with Crippen LogP contribution in [0.4, 0.5) is 5.69 Å². The van der Waals surface area contributed by atoms with E-state index in [0.717, 1.165) is 22.8 Å². The molecule has 0 fully saturated rings. The molecule has 0 atom stereocenters. The minimum absolute atomic E-state index is 0.152. The van der Waals surface area contributed by atoms with Crippen LogP contribution < -0.4 is 16.6 Å². The molecule has 0 radical (unpaired) electrons. The molecule has 4 N–H and O–H groups in total. The lowest BCUT2D eigenvalue weighted by Crippen LogP contribution is -2.32. The van der Waals surface area contributed by atoms with E-state index in [4.69, 9.17) is 16.1 Å². The summed E-state index contributed by atoms with van der Waals surface area (Å²) in [6, 6.07) is 7.86. The van der Waals surface area contributed by atoms with Gasteiger partial charge in [0, 0.05) is 18.0 Å². The monoisotopic (exact) mass is 351 g/mol. The summed E-state index contributed by atoms with van der Waals surface area (Å²) in [5, 5.41) is 5.75. The largest absolute Gasteiger partial charge is 0.401 e. The van der Waals surface area contributed by atoms with Crippen LogP contribution in [-0.2, 0) is 6.42 Å². The summed E-state index contributed by atoms with van der Waals surface area (Å²) in [7, 11) is 0. The maximum atomic E-state index is 6.37. The third kappa shape index (κ3) is 2.46. The van der Waals surface area contributed by atoms with E-state index in [1.807, 2.05) is 49.6 Å². The van der Waals surface area contributed by atoms with E-state index in [1.54, 1.807) is 11.3 Å². The fourth-order valence-corrected chi connectivity index (χ4v) is 3.09. The van der Waals surface area contributed by atoms with E-state index >= 15 is 0 Å². The number of allylic oxidation sites excluding steroid dienone is 2. The smallest absolute Gasteiger partial charge is 0.229 e. The number of hydrazine groups is 1. The van der Waals surface area contributed by atoms with Gasteiger partial charge in [0.1, 0.15) is 12.0 Å². The summed E-state index contributed by atoms with van der Waals surface area (Å²) in [5.41, 5.74) is 10.9. The number of anilines is 1. The van der Waals surface area contributed by atoms with Crippen molar-refractivity contribution in [1.29, 1.82) is 0 Å². The van der Waals surface area contributed by atoms with Gasteiger partial charge < -0.3 is 10.3 Å². The number of benzene rings is 1. The van der Waals surface area contributed by atoms with E-state index < -0.39 is 0 Å². The molecular weight excluding hydrogens is 330 g/mol. The zero-order valence-corrected chi connectivity index (χ0v) is 15.0. The maximum absolute atomic E-state index is 6.37. The lowest BCUT2D eigenvalue weighted by Gasteiger charge is -2.22. The molecule has 3 heterocycles. The van der Waals surface area contributed by atoms with Crippen LogP contribution in [0.1, 0.15) is 38.3 Å². The number of nitrogens with two attached hydrogens (primary N) is 2. The summed E-state index contributed by atoms with van der Waals surface area (Å²) < 4.78 is 7.36. The molecule has 0 aliphatic carbocycles. The second-order valence-electron chi connectivity index (χ2n) is 6.69. The predicted molar refractivity (Wildman–Crippen MR) is 98.2 cm³/mol. The van der Waals surface area contributed by atoms with Crippen LogP contribution in [0.25, 0.3) is 17.2 Å². The van der Waals surface area contributed by atoms with Gasteiger partial charge in [-0.25, -0.2) is 10.8 Å². The Hall–Kier alpha value is -3.13. The number of hydrogen-bond donors (Lipinski definition) is 2. The molecule has 0 saturated heterocycles. The number of rotatable bonds is 2. The van der Waals surface area contributed by atoms with Gasteiger partial charge >= 0.3 is 0 Å². The minimum Gasteiger partial charge on any atom is -0.401 e. The average molecular weight is 351 g/mol. The first kappa shape index (κ1) is 16.3. The minimum atomic E-state index is 0.152. The van der Waals surface area contributed by atoms with Gasteiger partial charge in [-0.3, -0.25) is 9.58 Å². The highest BCUT2D eigenvalue weighted by atomic mass is 16.5. The van der Waals surface area contributed by atoms with Crippen LogP contribution in [0.2, 0.25) is 0 Å². The van der Waals surface area contributed by atoms with Crippen molar-refractivity contribution in [2.75, 3.05) is 5.01 Å². The normalized spacial score (nSPS) is 15.7. The Kier molecular flexibility index (Phi) is 3.77. The highest BCUT2D eigenvalue weighted by molar-refractivity contribution is 5.70. The Labute approximate surface area is 151 Å². The quantitative estimate of drug-likeness (QED) is 0.682. The van der Waals surface area contributed by atoms with Gasteiger partial charge in [-0.15, -0.1) is 0 Å². The average Bonchev–Trinajstić information content (AvgIpc) is 3.23. The molecule has 1 aliphatic rings. The first-order valence-corrected chi connectivity index (χ1v) is 8.47. The van der Waals surface area contributed by atoms with Gasteiger partial charge in [0.15, 0.2) is 0 Å². The number of imidazole rings is 1. The zero-order valence-electron chi connectivity index (χ0n) is 15.0. The van der Waals surface area contributed by atoms with Crippen molar-refractivity contribution in [2.24, 2.45) is 11.6 Å². The highest BCUT2D eigenvalue weighted by Gasteiger charge is 2.27. The van der Waals surface area contributed by atoms with Crippen LogP contribution in [0, 0.1) is 0 Å². The van der Waals surface area contributed by atoms with Crippen molar-refractivity contribution in [3.8, 4) is 17.2 Å². The molecule has 2 aromatic heterocycles. The van der Waals surface area contributed by atoms with Crippen molar-refractivity contribution < 1.29 is 4.52 Å². The SMILES string of the molecule is C/C(N)=C1\Cc2c(-c3noc(C(C)C)n3)ncn2-c2ccccc2N1N. The molecule has 134 valence electrons. The third-order valence-corrected chi connectivity index (χ3v) is 4.50. The standard InChI is InChI=1S/C18H21N7O/c1-10(2)18-22-17(23-26-18)16-15-8-14(11(3)19)25(20)13-7-5-4-6-12(13)24(15)9-21-16/h4-7,9-10H,8,19-20H2,1-3H3/b14-11-. The van der Waals surface area contributed by atoms with Crippen LogP contribution in [0.5, 0.6) is 0 Å². The van der Waals surface area contributed by atoms with Gasteiger partial charge in [-0.2, -0.15) is 4.98 Å². The molecule has 0 bridgehead atoms. The zero-order chi connectivity index (χ0) is 18.4. The molecule has 0 spiro atoms. The molecule has 0 saturated carbocycles. The van der Waals surface area contributed by atoms with Crippen molar-refractivity contribution in [2.45, 2.75) is 33.1 Å². The van der Waals surface area contributed by atoms with Crippen LogP contribution in [0.15, 0.2) is 46.5 Å². The van der Waals surface area contributed by atoms with Crippen molar-refractivity contribution >= 4 is 5.69 Å². The first-order chi connectivity index (χ1) is 12.5. The molecule has 0 amide bonds. The van der Waals surface area contributed by atoms with Crippen LogP contribution >= 0.6 is 0 Å². The summed E-state index contributed by atoms with van der Waals surface area (Å²) in [4.78, 5) is 9.05. The number of aromatic nitrogens is 4. The lowest BCUT2D eigenvalue weighted by atomic mass is 10.1. The molecule has 8 heteroatoms. The van der Waals surface area contributed by atoms with Crippen molar-refractivity contribution in [3.05, 3.63) is 53.6 Å². The van der Waals surface area contributed by atoms with Gasteiger partial charge in [-0.05, 0) is 19.1 Å². The Balaban J connectivity index is 1.93. The first-order valence-electron chi connectivity index (χ1n) is 8.47. The molecule has 1 aromatic carbocycles. The number of nitrogens with zero attached hydrogens (tertiary/aromatic N) is 5. The van der Waals surface area contributed by atoms with E-state index in [0.29, 0.717) is 29.5 Å². The fraction of sp³-hybridized carbons (Fsp3) is 0.278. The summed E-state index contributed by atoms with van der Waals surface area (Å²) >= 11 is 0. The highest BCUT2D eigenvalue weighted by Crippen LogP contribution is 2.35. The summed E-state index contributed by atoms with van der Waals surface area (Å²) in [6.07, 6.45) is 2.27. The Morgan fingerprint density at radius 3 is 2.62 bits per heavy atom. The van der Waals surface area contributed by atoms with E-state index in [2.05, 4.69) is 15.1 Å². The molecular formula is C18H21N7O. The molecule has 1 aliphatic heterocycles. The summed E-state index contributed by atoms with van der Waals surface area (Å²) in [5.74, 6) is 7.58. The number of fused-ring (bicyclic) bond motifs is 3. The lowest BCUT2D eigenvalue weighted by molar-refractivity contribution is 0.365. The Bertz CT molecular complexity index is 995. The fourth-order valence-electron chi connectivity index (χ4n) is 3.09. The Morgan fingerprint density at radius 2 is 1.96 bits per heavy atom.